The molecule has 0 fully saturated rings. The van der Waals surface area contributed by atoms with E-state index in [1.807, 2.05) is 76.9 Å². The molecule has 1 unspecified atom stereocenters. The van der Waals surface area contributed by atoms with Gasteiger partial charge in [-0.25, -0.2) is 4.98 Å². The maximum absolute atomic E-state index is 13.2. The number of hydrogen-bond donors (Lipinski definition) is 1. The molecule has 0 saturated carbocycles. The number of carboxylic acids is 1. The summed E-state index contributed by atoms with van der Waals surface area (Å²) in [4.78, 5) is 120. The molecule has 1 N–H and O–H groups in total. The van der Waals surface area contributed by atoms with E-state index in [1.54, 1.807) is 73.1 Å². The van der Waals surface area contributed by atoms with Crippen molar-refractivity contribution in [1.82, 2.24) is 38.4 Å². The smallest absolute Gasteiger partial charge is 0.303 e. The van der Waals surface area contributed by atoms with Crippen LogP contribution in [0.25, 0.3) is 33.8 Å². The molecule has 0 spiro atoms. The molecule has 114 heavy (non-hydrogen) atoms. The van der Waals surface area contributed by atoms with Crippen LogP contribution < -0.4 is 3.58 Å². The molecule has 4 amide bonds. The summed E-state index contributed by atoms with van der Waals surface area (Å²) in [5.74, 6) is -0.812. The van der Waals surface area contributed by atoms with Crippen molar-refractivity contribution in [2.75, 3.05) is 52.4 Å². The van der Waals surface area contributed by atoms with Crippen LogP contribution in [0.4, 0.5) is 0 Å². The summed E-state index contributed by atoms with van der Waals surface area (Å²) in [7, 11) is 0. The molecule has 0 bridgehead atoms. The van der Waals surface area contributed by atoms with E-state index >= 15 is 0 Å². The number of carboxylic acid groups (broad SMARTS) is 1. The number of nitrogens with zero attached hydrogens (tertiary/aromatic N) is 8. The molecule has 17 nitrogen and oxygen atoms in total. The number of aliphatic carboxylic acids is 1. The van der Waals surface area contributed by atoms with Gasteiger partial charge in [-0.1, -0.05) is 193 Å². The summed E-state index contributed by atoms with van der Waals surface area (Å²) in [5, 5.41) is 10.4. The van der Waals surface area contributed by atoms with Gasteiger partial charge in [0.25, 0.3) is 0 Å². The summed E-state index contributed by atoms with van der Waals surface area (Å²) in [5.41, 5.74) is 8.15. The third kappa shape index (κ3) is 31.8. The number of imidazole rings is 2. The summed E-state index contributed by atoms with van der Waals surface area (Å²) < 4.78 is 8.93. The third-order valence-corrected chi connectivity index (χ3v) is 27.6. The minimum Gasteiger partial charge on any atom is -0.481 e. The Balaban J connectivity index is 0.000000261. The summed E-state index contributed by atoms with van der Waals surface area (Å²) >= 11 is 40.0. The van der Waals surface area contributed by atoms with E-state index < -0.39 is 29.2 Å². The van der Waals surface area contributed by atoms with Gasteiger partial charge in [0.2, 0.25) is 17.7 Å². The Kier molecular flexibility index (Phi) is 44.1. The number of alkyl halides is 1. The fourth-order valence-electron chi connectivity index (χ4n) is 12.2. The fraction of sp³-hybridized carbons (Fsp3) is 0.402. The number of hydrogen-bond acceptors (Lipinski definition) is 10. The molecule has 614 valence electrons. The van der Waals surface area contributed by atoms with E-state index in [0.717, 1.165) is 156 Å². The van der Waals surface area contributed by atoms with Crippen LogP contribution >= 0.6 is 126 Å². The van der Waals surface area contributed by atoms with Crippen LogP contribution in [-0.2, 0) is 36.8 Å². The van der Waals surface area contributed by atoms with Crippen molar-refractivity contribution in [3.8, 4) is 22.5 Å². The van der Waals surface area contributed by atoms with Crippen molar-refractivity contribution in [3.05, 3.63) is 212 Å². The van der Waals surface area contributed by atoms with Crippen molar-refractivity contribution in [3.63, 3.8) is 0 Å². The number of fused-ring (bicyclic) bond motifs is 2. The molecular formula is C87H105Br5Cl4N8O9Sn. The molecule has 9 aromatic rings. The monoisotopic (exact) mass is 2060 g/mol. The van der Waals surface area contributed by atoms with E-state index in [-0.39, 0.29) is 79.5 Å². The zero-order valence-corrected chi connectivity index (χ0v) is 80.7. The van der Waals surface area contributed by atoms with Gasteiger partial charge in [0.05, 0.1) is 39.1 Å². The predicted molar refractivity (Wildman–Crippen MR) is 487 cm³/mol. The molecule has 4 aromatic heterocycles. The first-order valence-corrected chi connectivity index (χ1v) is 54.3. The Morgan fingerprint density at radius 3 is 1.04 bits per heavy atom. The van der Waals surface area contributed by atoms with Crippen LogP contribution in [0.3, 0.4) is 0 Å². The minimum atomic E-state index is -2.15. The van der Waals surface area contributed by atoms with E-state index in [1.165, 1.54) is 3.58 Å². The van der Waals surface area contributed by atoms with E-state index in [4.69, 9.17) is 61.5 Å². The zero-order valence-electron chi connectivity index (χ0n) is 66.9. The second kappa shape index (κ2) is 50.8. The van der Waals surface area contributed by atoms with E-state index in [0.29, 0.717) is 54.5 Å². The first-order chi connectivity index (χ1) is 54.3. The normalized spacial score (nSPS) is 11.2. The number of carbonyl (C=O) groups excluding carboxylic acids is 7. The minimum absolute atomic E-state index is 0.0267. The maximum Gasteiger partial charge on any atom is 0.303 e. The summed E-state index contributed by atoms with van der Waals surface area (Å²) in [6.07, 6.45) is 12.3. The first-order valence-electron chi connectivity index (χ1n) is 38.7. The zero-order chi connectivity index (χ0) is 84.4. The van der Waals surface area contributed by atoms with Crippen LogP contribution in [0, 0.1) is 0 Å². The quantitative estimate of drug-likeness (QED) is 0.0225. The van der Waals surface area contributed by atoms with Gasteiger partial charge in [-0.3, -0.25) is 33.6 Å². The van der Waals surface area contributed by atoms with Gasteiger partial charge in [-0.2, -0.15) is 0 Å². The van der Waals surface area contributed by atoms with Gasteiger partial charge >= 0.3 is 206 Å². The van der Waals surface area contributed by atoms with E-state index in [2.05, 4.69) is 174 Å². The molecule has 0 aliphatic rings. The van der Waals surface area contributed by atoms with Crippen LogP contribution in [0.1, 0.15) is 181 Å². The molecular weight excluding hydrogens is 1960 g/mol. The fourth-order valence-corrected chi connectivity index (χ4v) is 18.2. The number of carbonyl (C=O) groups is 8. The topological polar surface area (TPSA) is 204 Å². The maximum atomic E-state index is 13.2. The molecule has 5 aromatic carbocycles. The molecule has 0 radical (unpaired) electrons. The predicted octanol–water partition coefficient (Wildman–Crippen LogP) is 23.3. The molecule has 0 aliphatic heterocycles. The third-order valence-electron chi connectivity index (χ3n) is 17.9. The Hall–Kier alpha value is -5.80. The molecule has 0 saturated heterocycles. The van der Waals surface area contributed by atoms with Crippen molar-refractivity contribution >= 4 is 206 Å². The largest absolute Gasteiger partial charge is 0.481 e. The van der Waals surface area contributed by atoms with Crippen molar-refractivity contribution < 1.29 is 43.5 Å². The number of pyridine rings is 2. The standard InChI is InChI=1S/C21H22BrCl2N3O.C21H22Cl2N3O.C16H21Br2NO2.C16H22BrNO2.C10H9BrO3.3CH3.Sn/c1-3-9-26(10-4-2)19(28)12-18-20(14-5-7-15(22)8-6-14)25-21-17(24)11-16(23)13-27(18)21;1-3-10-25(11-4-2)19(27)13-18-20(15-8-6-5-7-9-15)24-21-17(23)12-16(22)14-26(18)21;1-3-9-19(10-4-2)15(20)11-14(18)16(21)12-5-7-13(17)8-6-12;1-3-11-18(12-4-2)16(20)10-9-15(19)13-5-7-14(17)8-6-13;11-8-3-1-7(2-4-8)9(12)5-6-10(13)14;;;;/h5-8,11,13H,3-4,9-10,12H2,1-2H3;6-9,12,14H,3-4,10-11,13H2,1-2H3;5-8,14H,3-4,9-11H2,1-2H3;5-8H,3-4,9-12H2,1-2H3;1-4H,5-6H2,(H,13,14);3*1H3;. The summed E-state index contributed by atoms with van der Waals surface area (Å²) in [6, 6.07) is 41.2. The number of amides is 4. The van der Waals surface area contributed by atoms with Gasteiger partial charge in [-0.15, -0.1) is 0 Å². The number of halogens is 9. The molecule has 1 atom stereocenters. The Morgan fingerprint density at radius 2 is 0.711 bits per heavy atom. The van der Waals surface area contributed by atoms with Crippen LogP contribution in [0.2, 0.25) is 34.9 Å². The second-order valence-corrected chi connectivity index (χ2v) is 49.2. The van der Waals surface area contributed by atoms with Crippen molar-refractivity contribution in [2.24, 2.45) is 0 Å². The SMILES string of the molecule is CCCN(CCC)C(=O)CC(Br)C(=O)c1ccc(Br)cc1.CCCN(CCC)C(=O)CCC(=O)c1ccc(Br)cc1.CCCN(CCC)C(=O)Cc1c(-c2cc[c]([Sn]([CH3])([CH3])[CH3])cc2)nc2c(Cl)cc(Cl)cn12.CCCN(CCC)C(=O)Cc1c(-c2ccc(Br)cc2)nc2c(Cl)cc(Cl)cn12.O=C(O)CCC(=O)c1ccc(Br)cc1. The second-order valence-electron chi connectivity index (χ2n) is 28.2. The number of aromatic nitrogens is 4. The van der Waals surface area contributed by atoms with Gasteiger partial charge in [0.15, 0.2) is 23.0 Å². The number of Topliss-reactive ketones (excluding diaryl/α,β-unsaturated/α-hetero) is 3. The Bertz CT molecular complexity index is 4600. The average molecular weight is 2070 g/mol. The van der Waals surface area contributed by atoms with Gasteiger partial charge in [0, 0.05) is 111 Å². The van der Waals surface area contributed by atoms with Gasteiger partial charge < -0.3 is 24.2 Å². The van der Waals surface area contributed by atoms with Crippen molar-refractivity contribution in [1.29, 1.82) is 0 Å². The Labute approximate surface area is 738 Å². The van der Waals surface area contributed by atoms with E-state index in [9.17, 15) is 38.4 Å². The number of benzene rings is 5. The average Bonchev–Trinajstić information content (AvgIpc) is 1.62. The number of rotatable bonds is 35. The molecule has 27 heteroatoms. The molecule has 9 rings (SSSR count). The molecule has 0 aliphatic carbocycles. The van der Waals surface area contributed by atoms with Crippen LogP contribution in [0.5, 0.6) is 0 Å². The van der Waals surface area contributed by atoms with Crippen LogP contribution in [0.15, 0.2) is 164 Å². The number of ketones is 3. The summed E-state index contributed by atoms with van der Waals surface area (Å²) in [6.45, 7) is 22.6. The Morgan fingerprint density at radius 1 is 0.412 bits per heavy atom. The first kappa shape index (κ1) is 98.8. The van der Waals surface area contributed by atoms with Gasteiger partial charge in [-0.05, 0) is 93.1 Å². The molecule has 4 heterocycles. The van der Waals surface area contributed by atoms with Gasteiger partial charge in [0.1, 0.15) is 0 Å². The van der Waals surface area contributed by atoms with Crippen LogP contribution in [-0.4, -0.2) is 166 Å². The van der Waals surface area contributed by atoms with Crippen molar-refractivity contribution in [2.45, 2.75) is 171 Å².